The highest BCUT2D eigenvalue weighted by Gasteiger charge is 2.04. The van der Waals surface area contributed by atoms with Gasteiger partial charge >= 0.3 is 0 Å². The molecule has 16 heavy (non-hydrogen) atoms. The van der Waals surface area contributed by atoms with Crippen LogP contribution in [0.2, 0.25) is 0 Å². The van der Waals surface area contributed by atoms with Crippen LogP contribution >= 0.6 is 0 Å². The van der Waals surface area contributed by atoms with Crippen LogP contribution < -0.4 is 5.32 Å². The zero-order valence-electron chi connectivity index (χ0n) is 9.10. The Morgan fingerprint density at radius 2 is 1.75 bits per heavy atom. The predicted octanol–water partition coefficient (Wildman–Crippen LogP) is 3.25. The lowest BCUT2D eigenvalue weighted by Crippen LogP contribution is -2.11. The number of hydrogen-bond donors (Lipinski definition) is 1. The van der Waals surface area contributed by atoms with Crippen LogP contribution in [0.4, 0.5) is 5.69 Å². The summed E-state index contributed by atoms with van der Waals surface area (Å²) in [5, 5.41) is 2.85. The third kappa shape index (κ3) is 2.48. The fourth-order valence-electron chi connectivity index (χ4n) is 1.51. The van der Waals surface area contributed by atoms with E-state index in [1.807, 2.05) is 61.5 Å². The number of rotatable bonds is 2. The molecule has 0 aliphatic rings. The largest absolute Gasteiger partial charge is 0.322 e. The Morgan fingerprint density at radius 1 is 1.00 bits per heavy atom. The molecule has 0 spiro atoms. The quantitative estimate of drug-likeness (QED) is 0.811. The second-order valence-electron chi connectivity index (χ2n) is 3.69. The van der Waals surface area contributed by atoms with E-state index in [0.717, 1.165) is 11.3 Å². The van der Waals surface area contributed by atoms with Crippen LogP contribution in [0.5, 0.6) is 0 Å². The van der Waals surface area contributed by atoms with Gasteiger partial charge in [-0.25, -0.2) is 0 Å². The zero-order valence-corrected chi connectivity index (χ0v) is 9.10. The third-order valence-corrected chi connectivity index (χ3v) is 2.31. The van der Waals surface area contributed by atoms with Crippen molar-refractivity contribution < 1.29 is 4.79 Å². The maximum Gasteiger partial charge on any atom is 0.255 e. The fraction of sp³-hybridized carbons (Fsp3) is 0.0714. The van der Waals surface area contributed by atoms with Gasteiger partial charge in [-0.2, -0.15) is 0 Å². The number of aryl methyl sites for hydroxylation is 1. The van der Waals surface area contributed by atoms with Gasteiger partial charge in [0.2, 0.25) is 0 Å². The minimum atomic E-state index is -0.0742. The number of amides is 1. The molecule has 0 fully saturated rings. The van der Waals surface area contributed by atoms with E-state index in [1.54, 1.807) is 0 Å². The summed E-state index contributed by atoms with van der Waals surface area (Å²) < 4.78 is 0. The van der Waals surface area contributed by atoms with Gasteiger partial charge in [0.1, 0.15) is 0 Å². The van der Waals surface area contributed by atoms with Crippen molar-refractivity contribution in [2.75, 3.05) is 5.32 Å². The van der Waals surface area contributed by atoms with Crippen molar-refractivity contribution in [3.05, 3.63) is 65.7 Å². The second kappa shape index (κ2) is 4.62. The van der Waals surface area contributed by atoms with E-state index in [-0.39, 0.29) is 5.91 Å². The lowest BCUT2D eigenvalue weighted by Gasteiger charge is -2.05. The Morgan fingerprint density at radius 3 is 2.44 bits per heavy atom. The third-order valence-electron chi connectivity index (χ3n) is 2.31. The molecule has 0 aliphatic carbocycles. The van der Waals surface area contributed by atoms with Crippen LogP contribution in [0.25, 0.3) is 0 Å². The van der Waals surface area contributed by atoms with Gasteiger partial charge in [-0.05, 0) is 31.2 Å². The first-order chi connectivity index (χ1) is 7.75. The van der Waals surface area contributed by atoms with Gasteiger partial charge in [0, 0.05) is 11.3 Å². The highest BCUT2D eigenvalue weighted by Crippen LogP contribution is 2.09. The van der Waals surface area contributed by atoms with Gasteiger partial charge in [-0.15, -0.1) is 0 Å². The summed E-state index contributed by atoms with van der Waals surface area (Å²) in [6, 6.07) is 17.0. The van der Waals surface area contributed by atoms with Crippen molar-refractivity contribution >= 4 is 11.6 Å². The molecule has 0 radical (unpaired) electrons. The predicted molar refractivity (Wildman–Crippen MR) is 65.6 cm³/mol. The van der Waals surface area contributed by atoms with E-state index >= 15 is 0 Å². The zero-order chi connectivity index (χ0) is 11.4. The number of nitrogens with one attached hydrogen (secondary N) is 1. The minimum absolute atomic E-state index is 0.0742. The Labute approximate surface area is 94.9 Å². The smallest absolute Gasteiger partial charge is 0.255 e. The summed E-state index contributed by atoms with van der Waals surface area (Å²) in [5.74, 6) is -0.0742. The highest BCUT2D eigenvalue weighted by atomic mass is 16.1. The molecule has 1 amide bonds. The molecule has 0 heterocycles. The summed E-state index contributed by atoms with van der Waals surface area (Å²) in [5.41, 5.74) is 2.58. The molecule has 80 valence electrons. The monoisotopic (exact) mass is 211 g/mol. The van der Waals surface area contributed by atoms with E-state index in [0.29, 0.717) is 5.56 Å². The van der Waals surface area contributed by atoms with Gasteiger partial charge in [0.15, 0.2) is 0 Å². The number of hydrogen-bond acceptors (Lipinski definition) is 1. The van der Waals surface area contributed by atoms with Crippen LogP contribution in [0.3, 0.4) is 0 Å². The van der Waals surface area contributed by atoms with Crippen LogP contribution in [-0.2, 0) is 0 Å². The van der Waals surface area contributed by atoms with Crippen molar-refractivity contribution in [2.24, 2.45) is 0 Å². The van der Waals surface area contributed by atoms with Crippen LogP contribution in [0.1, 0.15) is 15.9 Å². The van der Waals surface area contributed by atoms with Gasteiger partial charge in [-0.3, -0.25) is 4.79 Å². The van der Waals surface area contributed by atoms with Gasteiger partial charge < -0.3 is 5.32 Å². The van der Waals surface area contributed by atoms with Crippen molar-refractivity contribution in [3.8, 4) is 0 Å². The van der Waals surface area contributed by atoms with E-state index in [4.69, 9.17) is 0 Å². The Kier molecular flexibility index (Phi) is 3.01. The molecule has 2 heteroatoms. The van der Waals surface area contributed by atoms with E-state index in [9.17, 15) is 4.79 Å². The van der Waals surface area contributed by atoms with E-state index in [2.05, 4.69) is 5.32 Å². The first-order valence-electron chi connectivity index (χ1n) is 5.19. The minimum Gasteiger partial charge on any atom is -0.322 e. The van der Waals surface area contributed by atoms with Crippen molar-refractivity contribution in [1.82, 2.24) is 0 Å². The lowest BCUT2D eigenvalue weighted by atomic mass is 10.1. The van der Waals surface area contributed by atoms with Crippen LogP contribution in [0.15, 0.2) is 54.6 Å². The number of anilines is 1. The standard InChI is InChI=1S/C14H13NO/c1-11-6-5-7-12(10-11)14(16)15-13-8-3-2-4-9-13/h2-10H,1H3,(H,15,16). The maximum absolute atomic E-state index is 11.9. The topological polar surface area (TPSA) is 29.1 Å². The molecule has 2 nitrogen and oxygen atoms in total. The number of para-hydroxylation sites is 1. The normalized spacial score (nSPS) is 9.81. The summed E-state index contributed by atoms with van der Waals surface area (Å²) in [6.07, 6.45) is 0. The van der Waals surface area contributed by atoms with Crippen molar-refractivity contribution in [1.29, 1.82) is 0 Å². The van der Waals surface area contributed by atoms with E-state index in [1.165, 1.54) is 0 Å². The molecule has 1 N–H and O–H groups in total. The maximum atomic E-state index is 11.9. The summed E-state index contributed by atoms with van der Waals surface area (Å²) in [4.78, 5) is 11.9. The highest BCUT2D eigenvalue weighted by molar-refractivity contribution is 6.04. The molecule has 0 bridgehead atoms. The first-order valence-corrected chi connectivity index (χ1v) is 5.19. The van der Waals surface area contributed by atoms with Crippen LogP contribution in [0, 0.1) is 6.92 Å². The molecule has 2 rings (SSSR count). The molecular formula is C14H13NO. The number of carbonyl (C=O) groups is 1. The molecule has 0 aliphatic heterocycles. The fourth-order valence-corrected chi connectivity index (χ4v) is 1.51. The average molecular weight is 211 g/mol. The Balaban J connectivity index is 2.15. The molecule has 0 aromatic heterocycles. The molecule has 2 aromatic carbocycles. The molecule has 0 unspecified atom stereocenters. The Hall–Kier alpha value is -2.09. The van der Waals surface area contributed by atoms with E-state index < -0.39 is 0 Å². The average Bonchev–Trinajstić information content (AvgIpc) is 2.30. The first kappa shape index (κ1) is 10.4. The van der Waals surface area contributed by atoms with Gasteiger partial charge in [0.25, 0.3) is 5.91 Å². The van der Waals surface area contributed by atoms with Crippen molar-refractivity contribution in [2.45, 2.75) is 6.92 Å². The summed E-state index contributed by atoms with van der Waals surface area (Å²) >= 11 is 0. The van der Waals surface area contributed by atoms with Crippen LogP contribution in [-0.4, -0.2) is 5.91 Å². The number of carbonyl (C=O) groups excluding carboxylic acids is 1. The van der Waals surface area contributed by atoms with Gasteiger partial charge in [0.05, 0.1) is 0 Å². The number of benzene rings is 2. The lowest BCUT2D eigenvalue weighted by molar-refractivity contribution is 0.102. The van der Waals surface area contributed by atoms with Crippen molar-refractivity contribution in [3.63, 3.8) is 0 Å². The molecule has 0 saturated carbocycles. The Bertz CT molecular complexity index is 491. The summed E-state index contributed by atoms with van der Waals surface area (Å²) in [7, 11) is 0. The molecule has 0 atom stereocenters. The second-order valence-corrected chi connectivity index (χ2v) is 3.69. The SMILES string of the molecule is Cc1cccc(C(=O)Nc2ccccc2)c1. The molecule has 0 saturated heterocycles. The molecular weight excluding hydrogens is 198 g/mol. The summed E-state index contributed by atoms with van der Waals surface area (Å²) in [6.45, 7) is 1.97. The van der Waals surface area contributed by atoms with Gasteiger partial charge in [-0.1, -0.05) is 35.9 Å². The molecule has 2 aromatic rings.